The summed E-state index contributed by atoms with van der Waals surface area (Å²) in [5, 5.41) is 0.962. The number of benzene rings is 1. The Morgan fingerprint density at radius 3 is 2.74 bits per heavy atom. The van der Waals surface area contributed by atoms with Gasteiger partial charge in [-0.15, -0.1) is 0 Å². The number of aromatic nitrogens is 1. The van der Waals surface area contributed by atoms with Crippen molar-refractivity contribution in [3.63, 3.8) is 0 Å². The summed E-state index contributed by atoms with van der Waals surface area (Å²) in [7, 11) is 1.97. The Morgan fingerprint density at radius 2 is 1.93 bits per heavy atom. The molecule has 3 rings (SSSR count). The number of rotatable bonds is 8. The maximum Gasteiger partial charge on any atom is 0.248 e. The summed E-state index contributed by atoms with van der Waals surface area (Å²) in [6, 6.07) is 9.46. The number of carbonyl (C=O) groups excluding carboxylic acids is 1. The van der Waals surface area contributed by atoms with Gasteiger partial charge >= 0.3 is 0 Å². The number of amides is 1. The molecule has 0 unspecified atom stereocenters. The molecular weight excluding hydrogens is 340 g/mol. The molecular formula is C22H30N2O3. The van der Waals surface area contributed by atoms with Gasteiger partial charge in [0, 0.05) is 36.5 Å². The van der Waals surface area contributed by atoms with Crippen LogP contribution in [-0.2, 0) is 4.79 Å². The second-order valence-corrected chi connectivity index (χ2v) is 7.53. The zero-order chi connectivity index (χ0) is 19.1. The molecule has 5 heteroatoms. The van der Waals surface area contributed by atoms with Crippen LogP contribution in [0.4, 0.5) is 0 Å². The van der Waals surface area contributed by atoms with Gasteiger partial charge in [0.15, 0.2) is 0 Å². The van der Waals surface area contributed by atoms with Crippen LogP contribution in [0.25, 0.3) is 10.9 Å². The molecule has 0 spiro atoms. The van der Waals surface area contributed by atoms with E-state index in [-0.39, 0.29) is 11.5 Å². The van der Waals surface area contributed by atoms with E-state index in [9.17, 15) is 9.59 Å². The van der Waals surface area contributed by atoms with Crippen LogP contribution >= 0.6 is 0 Å². The van der Waals surface area contributed by atoms with Gasteiger partial charge in [0.2, 0.25) is 11.5 Å². The van der Waals surface area contributed by atoms with E-state index in [4.69, 9.17) is 4.74 Å². The van der Waals surface area contributed by atoms with Crippen molar-refractivity contribution in [1.29, 1.82) is 0 Å². The highest BCUT2D eigenvalue weighted by Gasteiger charge is 2.21. The fourth-order valence-electron chi connectivity index (χ4n) is 3.82. The number of unbranched alkanes of at least 4 members (excludes halogenated alkanes) is 2. The van der Waals surface area contributed by atoms with Crippen LogP contribution < -0.4 is 10.3 Å². The second-order valence-electron chi connectivity index (χ2n) is 7.53. The number of carbonyl (C=O) groups is 1. The quantitative estimate of drug-likeness (QED) is 0.706. The summed E-state index contributed by atoms with van der Waals surface area (Å²) >= 11 is 0. The van der Waals surface area contributed by atoms with E-state index in [1.165, 1.54) is 25.3 Å². The van der Waals surface area contributed by atoms with Crippen molar-refractivity contribution in [3.8, 4) is 5.75 Å². The number of hydrogen-bond acceptors (Lipinski definition) is 3. The standard InChI is InChI=1S/C22H30N2O3/c1-24(18-8-4-2-5-9-18)22(26)10-6-3-7-15-27-19-12-13-20-17(16-19)11-14-21(25)23-20/h11-14,16,18H,2-10,15H2,1H3,(H,23,25). The second kappa shape index (κ2) is 9.58. The van der Waals surface area contributed by atoms with Crippen molar-refractivity contribution in [3.05, 3.63) is 40.7 Å². The summed E-state index contributed by atoms with van der Waals surface area (Å²) in [6.45, 7) is 0.640. The van der Waals surface area contributed by atoms with E-state index in [2.05, 4.69) is 4.98 Å². The molecule has 1 aliphatic carbocycles. The molecule has 1 heterocycles. The third kappa shape index (κ3) is 5.59. The van der Waals surface area contributed by atoms with E-state index in [0.717, 1.165) is 48.8 Å². The Kier molecular flexibility index (Phi) is 6.91. The highest BCUT2D eigenvalue weighted by atomic mass is 16.5. The van der Waals surface area contributed by atoms with Crippen LogP contribution in [0.5, 0.6) is 5.75 Å². The number of H-pyrrole nitrogens is 1. The highest BCUT2D eigenvalue weighted by Crippen LogP contribution is 2.22. The predicted octanol–water partition coefficient (Wildman–Crippen LogP) is 4.26. The highest BCUT2D eigenvalue weighted by molar-refractivity contribution is 5.79. The van der Waals surface area contributed by atoms with Crippen molar-refractivity contribution in [2.24, 2.45) is 0 Å². The first-order valence-electron chi connectivity index (χ1n) is 10.1. The first-order valence-corrected chi connectivity index (χ1v) is 10.1. The van der Waals surface area contributed by atoms with Crippen molar-refractivity contribution in [2.45, 2.75) is 63.8 Å². The maximum absolute atomic E-state index is 12.3. The molecule has 146 valence electrons. The molecule has 0 bridgehead atoms. The molecule has 1 amide bonds. The number of ether oxygens (including phenoxy) is 1. The topological polar surface area (TPSA) is 62.4 Å². The van der Waals surface area contributed by atoms with Gasteiger partial charge in [-0.1, -0.05) is 19.3 Å². The minimum absolute atomic E-state index is 0.0974. The van der Waals surface area contributed by atoms with Crippen LogP contribution in [0, 0.1) is 0 Å². The summed E-state index contributed by atoms with van der Waals surface area (Å²) in [5.41, 5.74) is 0.718. The number of hydrogen-bond donors (Lipinski definition) is 1. The zero-order valence-electron chi connectivity index (χ0n) is 16.2. The number of nitrogens with zero attached hydrogens (tertiary/aromatic N) is 1. The van der Waals surface area contributed by atoms with Gasteiger partial charge in [-0.05, 0) is 56.4 Å². The fourth-order valence-corrected chi connectivity index (χ4v) is 3.82. The molecule has 0 aliphatic heterocycles. The fraction of sp³-hybridized carbons (Fsp3) is 0.545. The van der Waals surface area contributed by atoms with Crippen molar-refractivity contribution >= 4 is 16.8 Å². The summed E-state index contributed by atoms with van der Waals surface area (Å²) < 4.78 is 5.81. The summed E-state index contributed by atoms with van der Waals surface area (Å²) in [5.74, 6) is 1.09. The predicted molar refractivity (Wildman–Crippen MR) is 108 cm³/mol. The lowest BCUT2D eigenvalue weighted by Crippen LogP contribution is -2.38. The molecule has 1 aromatic heterocycles. The molecule has 1 fully saturated rings. The Hall–Kier alpha value is -2.30. The average molecular weight is 370 g/mol. The Labute approximate surface area is 160 Å². The molecule has 5 nitrogen and oxygen atoms in total. The van der Waals surface area contributed by atoms with Gasteiger partial charge < -0.3 is 14.6 Å². The van der Waals surface area contributed by atoms with Gasteiger partial charge in [-0.3, -0.25) is 9.59 Å². The molecule has 27 heavy (non-hydrogen) atoms. The summed E-state index contributed by atoms with van der Waals surface area (Å²) in [6.07, 6.45) is 9.62. The van der Waals surface area contributed by atoms with Crippen molar-refractivity contribution < 1.29 is 9.53 Å². The largest absolute Gasteiger partial charge is 0.494 e. The number of fused-ring (bicyclic) bond motifs is 1. The first kappa shape index (κ1) is 19.5. The van der Waals surface area contributed by atoms with Gasteiger partial charge in [0.25, 0.3) is 0 Å². The minimum atomic E-state index is -0.0974. The van der Waals surface area contributed by atoms with Crippen LogP contribution in [0.15, 0.2) is 35.1 Å². The Balaban J connectivity index is 1.34. The molecule has 0 saturated heterocycles. The van der Waals surface area contributed by atoms with Gasteiger partial charge in [-0.25, -0.2) is 0 Å². The molecule has 1 aromatic carbocycles. The van der Waals surface area contributed by atoms with Crippen molar-refractivity contribution in [1.82, 2.24) is 9.88 Å². The zero-order valence-corrected chi connectivity index (χ0v) is 16.2. The molecule has 0 radical (unpaired) electrons. The third-order valence-electron chi connectivity index (χ3n) is 5.51. The van der Waals surface area contributed by atoms with Crippen LogP contribution in [0.1, 0.15) is 57.8 Å². The molecule has 1 saturated carbocycles. The van der Waals surface area contributed by atoms with E-state index in [1.807, 2.05) is 30.1 Å². The van der Waals surface area contributed by atoms with Crippen molar-refractivity contribution in [2.75, 3.05) is 13.7 Å². The van der Waals surface area contributed by atoms with E-state index < -0.39 is 0 Å². The SMILES string of the molecule is CN(C(=O)CCCCCOc1ccc2[nH]c(=O)ccc2c1)C1CCCCC1. The van der Waals surface area contributed by atoms with Crippen LogP contribution in [0.3, 0.4) is 0 Å². The van der Waals surface area contributed by atoms with Gasteiger partial charge in [0.05, 0.1) is 6.61 Å². The number of nitrogens with one attached hydrogen (secondary N) is 1. The number of pyridine rings is 1. The monoisotopic (exact) mass is 370 g/mol. The lowest BCUT2D eigenvalue weighted by Gasteiger charge is -2.31. The molecule has 0 atom stereocenters. The van der Waals surface area contributed by atoms with E-state index in [0.29, 0.717) is 19.1 Å². The van der Waals surface area contributed by atoms with E-state index in [1.54, 1.807) is 6.07 Å². The Morgan fingerprint density at radius 1 is 1.11 bits per heavy atom. The molecule has 2 aromatic rings. The number of aromatic amines is 1. The maximum atomic E-state index is 12.3. The summed E-state index contributed by atoms with van der Waals surface area (Å²) in [4.78, 5) is 28.4. The van der Waals surface area contributed by atoms with Crippen LogP contribution in [-0.4, -0.2) is 35.5 Å². The Bertz CT molecular complexity index is 809. The third-order valence-corrected chi connectivity index (χ3v) is 5.51. The molecule has 1 aliphatic rings. The smallest absolute Gasteiger partial charge is 0.248 e. The van der Waals surface area contributed by atoms with Crippen LogP contribution in [0.2, 0.25) is 0 Å². The van der Waals surface area contributed by atoms with Gasteiger partial charge in [-0.2, -0.15) is 0 Å². The van der Waals surface area contributed by atoms with E-state index >= 15 is 0 Å². The minimum Gasteiger partial charge on any atom is -0.494 e. The lowest BCUT2D eigenvalue weighted by molar-refractivity contribution is -0.132. The van der Waals surface area contributed by atoms with Gasteiger partial charge in [0.1, 0.15) is 5.75 Å². The average Bonchev–Trinajstić information content (AvgIpc) is 2.70. The normalized spacial score (nSPS) is 15.0. The first-order chi connectivity index (χ1) is 13.1. The lowest BCUT2D eigenvalue weighted by atomic mass is 9.94. The molecule has 1 N–H and O–H groups in total.